The van der Waals surface area contributed by atoms with Gasteiger partial charge in [-0.3, -0.25) is 15.0 Å². The van der Waals surface area contributed by atoms with Gasteiger partial charge in [0.25, 0.3) is 0 Å². The average Bonchev–Trinajstić information content (AvgIpc) is 2.47. The lowest BCUT2D eigenvalue weighted by Gasteiger charge is -2.35. The molecule has 8 heteroatoms. The van der Waals surface area contributed by atoms with Crippen molar-refractivity contribution in [3.8, 4) is 0 Å². The molecule has 1 fully saturated rings. The van der Waals surface area contributed by atoms with Crippen molar-refractivity contribution in [3.05, 3.63) is 35.6 Å². The monoisotopic (exact) mass is 330 g/mol. The van der Waals surface area contributed by atoms with Crippen molar-refractivity contribution in [1.29, 1.82) is 0 Å². The molecule has 1 unspecified atom stereocenters. The summed E-state index contributed by atoms with van der Waals surface area (Å²) >= 11 is 0. The molecule has 1 heterocycles. The van der Waals surface area contributed by atoms with Gasteiger partial charge in [-0.05, 0) is 17.7 Å². The number of hydrogen-bond acceptors (Lipinski definition) is 4. The van der Waals surface area contributed by atoms with Crippen molar-refractivity contribution in [2.45, 2.75) is 6.04 Å². The first kappa shape index (κ1) is 18.3. The average molecular weight is 331 g/mol. The molecular weight excluding hydrogens is 311 g/mol. The van der Waals surface area contributed by atoms with Gasteiger partial charge in [0, 0.05) is 32.7 Å². The third kappa shape index (κ3) is 4.94. The fraction of sp³-hybridized carbons (Fsp3) is 0.429. The lowest BCUT2D eigenvalue weighted by molar-refractivity contribution is -0.122. The summed E-state index contributed by atoms with van der Waals surface area (Å²) in [7, 11) is 1.45. The summed E-state index contributed by atoms with van der Waals surface area (Å²) < 4.78 is 13.4. The highest BCUT2D eigenvalue weighted by Gasteiger charge is 2.26. The fourth-order valence-corrected chi connectivity index (χ4v) is 2.39. The Bertz CT molecular complexity index is 529. The van der Waals surface area contributed by atoms with E-state index in [2.05, 4.69) is 16.0 Å². The van der Waals surface area contributed by atoms with E-state index in [1.807, 2.05) is 11.0 Å². The van der Waals surface area contributed by atoms with Gasteiger partial charge in [0.2, 0.25) is 5.91 Å². The van der Waals surface area contributed by atoms with Gasteiger partial charge in [0.15, 0.2) is 0 Å². The van der Waals surface area contributed by atoms with Crippen LogP contribution in [0.4, 0.5) is 9.18 Å². The van der Waals surface area contributed by atoms with Crippen LogP contribution in [0.5, 0.6) is 0 Å². The standard InChI is InChI=1S/C14H19FN4O2.ClH/c1-16-14(21)18-13(20)9-19-6-5-17-8-12(19)10-3-2-4-11(15)7-10;/h2-4,7,12,17H,5-6,8-9H2,1H3,(H2,16,18,20,21);1H. The minimum Gasteiger partial charge on any atom is -0.341 e. The van der Waals surface area contributed by atoms with E-state index >= 15 is 0 Å². The maximum Gasteiger partial charge on any atom is 0.321 e. The van der Waals surface area contributed by atoms with Crippen molar-refractivity contribution in [1.82, 2.24) is 20.9 Å². The molecule has 0 saturated carbocycles. The number of hydrogen-bond donors (Lipinski definition) is 3. The fourth-order valence-electron chi connectivity index (χ4n) is 2.39. The summed E-state index contributed by atoms with van der Waals surface area (Å²) in [6.45, 7) is 2.13. The van der Waals surface area contributed by atoms with E-state index in [0.29, 0.717) is 13.1 Å². The van der Waals surface area contributed by atoms with Crippen LogP contribution < -0.4 is 16.0 Å². The van der Waals surface area contributed by atoms with E-state index in [4.69, 9.17) is 0 Å². The number of carbonyl (C=O) groups excluding carboxylic acids is 2. The van der Waals surface area contributed by atoms with E-state index in [-0.39, 0.29) is 36.7 Å². The second-order valence-electron chi connectivity index (χ2n) is 4.87. The lowest BCUT2D eigenvalue weighted by atomic mass is 10.0. The van der Waals surface area contributed by atoms with Gasteiger partial charge in [-0.25, -0.2) is 9.18 Å². The van der Waals surface area contributed by atoms with E-state index in [9.17, 15) is 14.0 Å². The molecule has 22 heavy (non-hydrogen) atoms. The van der Waals surface area contributed by atoms with Gasteiger partial charge in [-0.15, -0.1) is 12.4 Å². The molecule has 1 atom stereocenters. The quantitative estimate of drug-likeness (QED) is 0.761. The third-order valence-corrected chi connectivity index (χ3v) is 3.41. The van der Waals surface area contributed by atoms with Gasteiger partial charge >= 0.3 is 6.03 Å². The Morgan fingerprint density at radius 3 is 2.91 bits per heavy atom. The van der Waals surface area contributed by atoms with E-state index in [1.54, 1.807) is 6.07 Å². The minimum atomic E-state index is -0.530. The number of carbonyl (C=O) groups is 2. The van der Waals surface area contributed by atoms with Crippen LogP contribution in [0.25, 0.3) is 0 Å². The van der Waals surface area contributed by atoms with Gasteiger partial charge in [-0.1, -0.05) is 12.1 Å². The number of urea groups is 1. The maximum atomic E-state index is 13.4. The molecular formula is C14H20ClFN4O2. The highest BCUT2D eigenvalue weighted by Crippen LogP contribution is 2.22. The van der Waals surface area contributed by atoms with Crippen molar-refractivity contribution >= 4 is 24.3 Å². The molecule has 6 nitrogen and oxygen atoms in total. The highest BCUT2D eigenvalue weighted by molar-refractivity contribution is 5.95. The molecule has 1 aliphatic heterocycles. The Kier molecular flexibility index (Phi) is 7.23. The molecule has 3 N–H and O–H groups in total. The summed E-state index contributed by atoms with van der Waals surface area (Å²) in [5.74, 6) is -0.675. The van der Waals surface area contributed by atoms with Gasteiger partial charge in [-0.2, -0.15) is 0 Å². The topological polar surface area (TPSA) is 73.5 Å². The van der Waals surface area contributed by atoms with Crippen molar-refractivity contribution in [2.24, 2.45) is 0 Å². The van der Waals surface area contributed by atoms with E-state index in [0.717, 1.165) is 12.1 Å². The highest BCUT2D eigenvalue weighted by atomic mass is 35.5. The summed E-state index contributed by atoms with van der Waals surface area (Å²) in [6, 6.07) is 5.73. The Morgan fingerprint density at radius 1 is 1.45 bits per heavy atom. The molecule has 1 aromatic rings. The molecule has 0 aromatic heterocycles. The molecule has 1 saturated heterocycles. The number of amides is 3. The first-order chi connectivity index (χ1) is 10.1. The first-order valence-electron chi connectivity index (χ1n) is 6.82. The van der Waals surface area contributed by atoms with Crippen LogP contribution in [0.2, 0.25) is 0 Å². The normalized spacial score (nSPS) is 18.2. The largest absolute Gasteiger partial charge is 0.341 e. The molecule has 122 valence electrons. The van der Waals surface area contributed by atoms with Crippen molar-refractivity contribution < 1.29 is 14.0 Å². The summed E-state index contributed by atoms with van der Waals surface area (Å²) in [5.41, 5.74) is 0.815. The summed E-state index contributed by atoms with van der Waals surface area (Å²) in [4.78, 5) is 24.9. The molecule has 0 spiro atoms. The van der Waals surface area contributed by atoms with Gasteiger partial charge in [0.05, 0.1) is 6.54 Å². The van der Waals surface area contributed by atoms with Crippen LogP contribution >= 0.6 is 12.4 Å². The Morgan fingerprint density at radius 2 is 2.23 bits per heavy atom. The maximum absolute atomic E-state index is 13.4. The first-order valence-corrected chi connectivity index (χ1v) is 6.82. The van der Waals surface area contributed by atoms with Crippen molar-refractivity contribution in [2.75, 3.05) is 33.2 Å². The van der Waals surface area contributed by atoms with Gasteiger partial charge < -0.3 is 10.6 Å². The zero-order chi connectivity index (χ0) is 15.2. The number of nitrogens with one attached hydrogen (secondary N) is 3. The predicted molar refractivity (Wildman–Crippen MR) is 83.4 cm³/mol. The van der Waals surface area contributed by atoms with Crippen molar-refractivity contribution in [3.63, 3.8) is 0 Å². The molecule has 3 amide bonds. The second kappa shape index (κ2) is 8.67. The molecule has 0 radical (unpaired) electrons. The zero-order valence-corrected chi connectivity index (χ0v) is 13.1. The molecule has 0 aliphatic carbocycles. The Labute approximate surface area is 134 Å². The molecule has 0 bridgehead atoms. The number of benzene rings is 1. The predicted octanol–water partition coefficient (Wildman–Crippen LogP) is 0.649. The molecule has 2 rings (SSSR count). The third-order valence-electron chi connectivity index (χ3n) is 3.41. The number of nitrogens with zero attached hydrogens (tertiary/aromatic N) is 1. The van der Waals surface area contributed by atoms with E-state index < -0.39 is 6.03 Å². The second-order valence-corrected chi connectivity index (χ2v) is 4.87. The molecule has 1 aromatic carbocycles. The number of imide groups is 1. The molecule has 1 aliphatic rings. The van der Waals surface area contributed by atoms with Crippen LogP contribution in [0.15, 0.2) is 24.3 Å². The number of halogens is 2. The summed E-state index contributed by atoms with van der Waals surface area (Å²) in [6.07, 6.45) is 0. The van der Waals surface area contributed by atoms with Crippen LogP contribution in [0.1, 0.15) is 11.6 Å². The van der Waals surface area contributed by atoms with Crippen LogP contribution in [-0.2, 0) is 4.79 Å². The SMILES string of the molecule is CNC(=O)NC(=O)CN1CCNCC1c1cccc(F)c1.Cl. The van der Waals surface area contributed by atoms with Crippen LogP contribution in [-0.4, -0.2) is 50.1 Å². The van der Waals surface area contributed by atoms with Crippen LogP contribution in [0.3, 0.4) is 0 Å². The smallest absolute Gasteiger partial charge is 0.321 e. The number of rotatable bonds is 3. The minimum absolute atomic E-state index is 0. The lowest BCUT2D eigenvalue weighted by Crippen LogP contribution is -2.51. The zero-order valence-electron chi connectivity index (χ0n) is 12.3. The Hall–Kier alpha value is -1.70. The van der Waals surface area contributed by atoms with Crippen LogP contribution in [0, 0.1) is 5.82 Å². The Balaban J connectivity index is 0.00000242. The van der Waals surface area contributed by atoms with Gasteiger partial charge in [0.1, 0.15) is 5.82 Å². The van der Waals surface area contributed by atoms with E-state index in [1.165, 1.54) is 19.2 Å². The summed E-state index contributed by atoms with van der Waals surface area (Å²) in [5, 5.41) is 7.80. The number of piperazine rings is 1.